The van der Waals surface area contributed by atoms with Gasteiger partial charge in [0.2, 0.25) is 0 Å². The molecule has 2 N–H and O–H groups in total. The van der Waals surface area contributed by atoms with Gasteiger partial charge in [0.1, 0.15) is 4.88 Å². The quantitative estimate of drug-likeness (QED) is 0.912. The van der Waals surface area contributed by atoms with Crippen molar-refractivity contribution < 1.29 is 14.7 Å². The first-order valence-corrected chi connectivity index (χ1v) is 6.43. The summed E-state index contributed by atoms with van der Waals surface area (Å²) in [4.78, 5) is 26.9. The van der Waals surface area contributed by atoms with Gasteiger partial charge < -0.3 is 10.4 Å². The number of hydrogen-bond acceptors (Lipinski definition) is 4. The van der Waals surface area contributed by atoms with Crippen molar-refractivity contribution in [3.05, 3.63) is 45.6 Å². The van der Waals surface area contributed by atoms with E-state index in [2.05, 4.69) is 10.3 Å². The third kappa shape index (κ3) is 2.91. The van der Waals surface area contributed by atoms with Crippen LogP contribution in [0, 0.1) is 6.92 Å². The highest BCUT2D eigenvalue weighted by atomic mass is 35.5. The van der Waals surface area contributed by atoms with Crippen molar-refractivity contribution in [1.82, 2.24) is 4.98 Å². The van der Waals surface area contributed by atoms with Crippen molar-refractivity contribution in [1.29, 1.82) is 0 Å². The number of carbonyl (C=O) groups excluding carboxylic acids is 1. The molecule has 0 aromatic carbocycles. The van der Waals surface area contributed by atoms with Gasteiger partial charge in [-0.2, -0.15) is 0 Å². The number of nitrogens with one attached hydrogen (secondary N) is 1. The lowest BCUT2D eigenvalue weighted by atomic mass is 10.2. The van der Waals surface area contributed by atoms with E-state index in [4.69, 9.17) is 16.7 Å². The van der Waals surface area contributed by atoms with Gasteiger partial charge in [0.05, 0.1) is 15.6 Å². The molecular formula is C12H9ClN2O3S. The molecule has 1 amide bonds. The van der Waals surface area contributed by atoms with Gasteiger partial charge >= 0.3 is 5.97 Å². The zero-order valence-electron chi connectivity index (χ0n) is 9.81. The number of hydrogen-bond donors (Lipinski definition) is 2. The van der Waals surface area contributed by atoms with Gasteiger partial charge in [-0.3, -0.25) is 9.78 Å². The van der Waals surface area contributed by atoms with Crippen LogP contribution in [-0.2, 0) is 0 Å². The Morgan fingerprint density at radius 1 is 1.47 bits per heavy atom. The number of carbonyl (C=O) groups is 2. The summed E-state index contributed by atoms with van der Waals surface area (Å²) in [7, 11) is 0. The number of carboxylic acid groups (broad SMARTS) is 1. The largest absolute Gasteiger partial charge is 0.477 e. The summed E-state index contributed by atoms with van der Waals surface area (Å²) in [5.74, 6) is -1.43. The van der Waals surface area contributed by atoms with Gasteiger partial charge in [-0.15, -0.1) is 11.3 Å². The Labute approximate surface area is 117 Å². The van der Waals surface area contributed by atoms with Crippen LogP contribution < -0.4 is 5.32 Å². The number of aromatic carboxylic acids is 1. The summed E-state index contributed by atoms with van der Waals surface area (Å²) < 4.78 is 0. The number of aromatic nitrogens is 1. The van der Waals surface area contributed by atoms with Crippen molar-refractivity contribution in [2.45, 2.75) is 6.92 Å². The highest BCUT2D eigenvalue weighted by Crippen LogP contribution is 2.27. The lowest BCUT2D eigenvalue weighted by Gasteiger charge is -2.03. The fraction of sp³-hybridized carbons (Fsp3) is 0.0833. The molecule has 0 saturated heterocycles. The van der Waals surface area contributed by atoms with E-state index in [1.165, 1.54) is 18.5 Å². The van der Waals surface area contributed by atoms with E-state index in [0.717, 1.165) is 11.3 Å². The van der Waals surface area contributed by atoms with Crippen LogP contribution in [0.3, 0.4) is 0 Å². The molecule has 0 aliphatic heterocycles. The zero-order valence-corrected chi connectivity index (χ0v) is 11.4. The molecule has 5 nitrogen and oxygen atoms in total. The molecule has 2 heterocycles. The minimum atomic E-state index is -1.01. The van der Waals surface area contributed by atoms with E-state index < -0.39 is 11.9 Å². The number of halogens is 1. The van der Waals surface area contributed by atoms with E-state index in [1.807, 2.05) is 0 Å². The van der Waals surface area contributed by atoms with E-state index in [0.29, 0.717) is 15.6 Å². The summed E-state index contributed by atoms with van der Waals surface area (Å²) in [5.41, 5.74) is 0.845. The number of aryl methyl sites for hydroxylation is 1. The minimum Gasteiger partial charge on any atom is -0.477 e. The number of amides is 1. The van der Waals surface area contributed by atoms with Crippen LogP contribution in [0.5, 0.6) is 0 Å². The minimum absolute atomic E-state index is 0.201. The molecule has 2 aromatic rings. The fourth-order valence-corrected chi connectivity index (χ4v) is 2.58. The Kier molecular flexibility index (Phi) is 3.82. The maximum atomic E-state index is 11.9. The van der Waals surface area contributed by atoms with Crippen molar-refractivity contribution in [2.75, 3.05) is 5.32 Å². The van der Waals surface area contributed by atoms with Crippen molar-refractivity contribution >= 4 is 39.8 Å². The number of nitrogens with zero attached hydrogens (tertiary/aromatic N) is 1. The highest BCUT2D eigenvalue weighted by molar-refractivity contribution is 7.18. The van der Waals surface area contributed by atoms with Crippen LogP contribution in [-0.4, -0.2) is 22.0 Å². The molecule has 0 spiro atoms. The van der Waals surface area contributed by atoms with Gasteiger partial charge in [-0.1, -0.05) is 11.6 Å². The molecule has 19 heavy (non-hydrogen) atoms. The molecule has 0 radical (unpaired) electrons. The van der Waals surface area contributed by atoms with Crippen LogP contribution in [0.2, 0.25) is 5.02 Å². The summed E-state index contributed by atoms with van der Waals surface area (Å²) >= 11 is 6.88. The second-order valence-electron chi connectivity index (χ2n) is 3.74. The average Bonchev–Trinajstić information content (AvgIpc) is 2.70. The van der Waals surface area contributed by atoms with E-state index >= 15 is 0 Å². The lowest BCUT2D eigenvalue weighted by Crippen LogP contribution is -2.11. The predicted molar refractivity (Wildman–Crippen MR) is 73.2 cm³/mol. The summed E-state index contributed by atoms with van der Waals surface area (Å²) in [6.07, 6.45) is 2.84. The van der Waals surface area contributed by atoms with E-state index in [9.17, 15) is 9.59 Å². The fourth-order valence-electron chi connectivity index (χ4n) is 1.48. The average molecular weight is 297 g/mol. The Hall–Kier alpha value is -1.92. The maximum absolute atomic E-state index is 11.9. The Morgan fingerprint density at radius 2 is 2.21 bits per heavy atom. The molecule has 0 atom stereocenters. The molecule has 0 unspecified atom stereocenters. The predicted octanol–water partition coefficient (Wildman–Crippen LogP) is 3.06. The summed E-state index contributed by atoms with van der Waals surface area (Å²) in [6.45, 7) is 1.67. The van der Waals surface area contributed by atoms with Crippen molar-refractivity contribution in [2.24, 2.45) is 0 Å². The molecule has 2 aromatic heterocycles. The number of pyridine rings is 1. The van der Waals surface area contributed by atoms with Crippen LogP contribution in [0.4, 0.5) is 5.00 Å². The monoisotopic (exact) mass is 296 g/mol. The van der Waals surface area contributed by atoms with Crippen LogP contribution in [0.15, 0.2) is 24.5 Å². The maximum Gasteiger partial charge on any atom is 0.346 e. The summed E-state index contributed by atoms with van der Waals surface area (Å²) in [6, 6.07) is 3.12. The second-order valence-corrected chi connectivity index (χ2v) is 5.20. The molecular weight excluding hydrogens is 288 g/mol. The first kappa shape index (κ1) is 13.5. The Bertz CT molecular complexity index is 654. The van der Waals surface area contributed by atoms with Gasteiger partial charge in [-0.25, -0.2) is 4.79 Å². The van der Waals surface area contributed by atoms with Crippen LogP contribution in [0.25, 0.3) is 0 Å². The number of rotatable bonds is 3. The zero-order chi connectivity index (χ0) is 14.0. The smallest absolute Gasteiger partial charge is 0.346 e. The molecule has 98 valence electrons. The van der Waals surface area contributed by atoms with Gasteiger partial charge in [0, 0.05) is 12.4 Å². The molecule has 0 aliphatic rings. The van der Waals surface area contributed by atoms with Crippen molar-refractivity contribution in [3.8, 4) is 0 Å². The molecule has 2 rings (SSSR count). The lowest BCUT2D eigenvalue weighted by molar-refractivity contribution is 0.0701. The van der Waals surface area contributed by atoms with Gasteiger partial charge in [-0.05, 0) is 24.6 Å². The van der Waals surface area contributed by atoms with Gasteiger partial charge in [0.25, 0.3) is 5.91 Å². The van der Waals surface area contributed by atoms with Crippen molar-refractivity contribution in [3.63, 3.8) is 0 Å². The normalized spacial score (nSPS) is 10.2. The highest BCUT2D eigenvalue weighted by Gasteiger charge is 2.15. The first-order chi connectivity index (χ1) is 8.99. The number of carboxylic acids is 1. The third-order valence-corrected chi connectivity index (χ3v) is 3.83. The van der Waals surface area contributed by atoms with Crippen LogP contribution in [0.1, 0.15) is 25.6 Å². The summed E-state index contributed by atoms with van der Waals surface area (Å²) in [5, 5.41) is 12.3. The van der Waals surface area contributed by atoms with Gasteiger partial charge in [0.15, 0.2) is 0 Å². The molecule has 0 fully saturated rings. The SMILES string of the molecule is Cc1cc(NC(=O)c2cnccc2Cl)sc1C(=O)O. The number of anilines is 1. The molecule has 7 heteroatoms. The van der Waals surface area contributed by atoms with Crippen LogP contribution >= 0.6 is 22.9 Å². The molecule has 0 saturated carbocycles. The molecule has 0 bridgehead atoms. The Balaban J connectivity index is 2.22. The topological polar surface area (TPSA) is 79.3 Å². The van der Waals surface area contributed by atoms with E-state index in [1.54, 1.807) is 13.0 Å². The third-order valence-electron chi connectivity index (χ3n) is 2.36. The van der Waals surface area contributed by atoms with E-state index in [-0.39, 0.29) is 10.4 Å². The Morgan fingerprint density at radius 3 is 2.79 bits per heavy atom. The molecule has 0 aliphatic carbocycles. The number of thiophene rings is 1. The first-order valence-electron chi connectivity index (χ1n) is 5.23. The standard InChI is InChI=1S/C12H9ClN2O3S/c1-6-4-9(19-10(6)12(17)18)15-11(16)7-5-14-3-2-8(7)13/h2-5H,1H3,(H,15,16)(H,17,18). The second kappa shape index (κ2) is 5.38.